The lowest BCUT2D eigenvalue weighted by atomic mass is 10.1. The lowest BCUT2D eigenvalue weighted by Gasteiger charge is -2.13. The summed E-state index contributed by atoms with van der Waals surface area (Å²) in [7, 11) is 2.36. The average molecular weight is 369 g/mol. The van der Waals surface area contributed by atoms with Crippen LogP contribution in [0, 0.1) is 6.92 Å². The van der Waals surface area contributed by atoms with E-state index in [1.807, 2.05) is 13.0 Å². The molecule has 0 aliphatic rings. The maximum absolute atomic E-state index is 12.6. The van der Waals surface area contributed by atoms with Crippen LogP contribution in [-0.4, -0.2) is 37.0 Å². The van der Waals surface area contributed by atoms with Gasteiger partial charge in [-0.15, -0.1) is 0 Å². The van der Waals surface area contributed by atoms with E-state index in [0.29, 0.717) is 11.5 Å². The molecule has 0 aliphatic carbocycles. The summed E-state index contributed by atoms with van der Waals surface area (Å²) in [6.07, 6.45) is 0.947. The molecule has 1 heterocycles. The molecule has 0 radical (unpaired) electrons. The van der Waals surface area contributed by atoms with Gasteiger partial charge in [-0.3, -0.25) is 4.79 Å². The molecule has 1 aromatic heterocycles. The van der Waals surface area contributed by atoms with Gasteiger partial charge in [-0.1, -0.05) is 18.2 Å². The molecule has 0 bridgehead atoms. The maximum atomic E-state index is 12.6. The second kappa shape index (κ2) is 9.14. The summed E-state index contributed by atoms with van der Waals surface area (Å²) in [6, 6.07) is 11.8. The third-order valence-electron chi connectivity index (χ3n) is 3.44. The molecule has 1 aromatic carbocycles. The highest BCUT2D eigenvalue weighted by Gasteiger charge is 2.17. The Morgan fingerprint density at radius 2 is 1.70 bits per heavy atom. The van der Waals surface area contributed by atoms with E-state index < -0.39 is 17.8 Å². The fraction of sp³-hybridized carbons (Fsp3) is 0.158. The fourth-order valence-corrected chi connectivity index (χ4v) is 2.16. The Balaban J connectivity index is 2.30. The van der Waals surface area contributed by atoms with Gasteiger partial charge in [0.15, 0.2) is 0 Å². The second-order valence-electron chi connectivity index (χ2n) is 5.36. The lowest BCUT2D eigenvalue weighted by Crippen LogP contribution is -2.19. The number of methoxy groups -OCH3 is 2. The van der Waals surface area contributed by atoms with Gasteiger partial charge >= 0.3 is 11.9 Å². The minimum Gasteiger partial charge on any atom is -0.466 e. The molecule has 140 valence electrons. The normalized spacial score (nSPS) is 10.7. The molecule has 0 atom stereocenters. The number of pyridine rings is 1. The van der Waals surface area contributed by atoms with Gasteiger partial charge in [-0.2, -0.15) is 0 Å². The van der Waals surface area contributed by atoms with Crippen LogP contribution >= 0.6 is 0 Å². The molecule has 2 N–H and O–H groups in total. The number of anilines is 2. The number of rotatable bonds is 6. The number of ether oxygens (including phenoxy) is 2. The van der Waals surface area contributed by atoms with Gasteiger partial charge in [-0.05, 0) is 31.2 Å². The van der Waals surface area contributed by atoms with Crippen molar-refractivity contribution in [2.75, 3.05) is 24.9 Å². The molecular formula is C19H19N3O5. The molecule has 0 spiro atoms. The van der Waals surface area contributed by atoms with E-state index in [1.165, 1.54) is 14.2 Å². The highest BCUT2D eigenvalue weighted by atomic mass is 16.5. The summed E-state index contributed by atoms with van der Waals surface area (Å²) in [5, 5.41) is 5.44. The average Bonchev–Trinajstić information content (AvgIpc) is 2.67. The van der Waals surface area contributed by atoms with Crippen LogP contribution < -0.4 is 10.6 Å². The van der Waals surface area contributed by atoms with Gasteiger partial charge in [0, 0.05) is 5.69 Å². The monoisotopic (exact) mass is 369 g/mol. The van der Waals surface area contributed by atoms with E-state index >= 15 is 0 Å². The number of aromatic nitrogens is 1. The van der Waals surface area contributed by atoms with Crippen LogP contribution in [0.25, 0.3) is 0 Å². The van der Waals surface area contributed by atoms with Gasteiger partial charge < -0.3 is 20.1 Å². The number of aryl methyl sites for hydroxylation is 1. The van der Waals surface area contributed by atoms with Crippen molar-refractivity contribution in [3.05, 3.63) is 65.5 Å². The zero-order chi connectivity index (χ0) is 19.8. The summed E-state index contributed by atoms with van der Waals surface area (Å²) >= 11 is 0. The van der Waals surface area contributed by atoms with Crippen molar-refractivity contribution >= 4 is 29.4 Å². The lowest BCUT2D eigenvalue weighted by molar-refractivity contribution is -0.138. The molecule has 0 saturated carbocycles. The fourth-order valence-electron chi connectivity index (χ4n) is 2.16. The molecule has 2 rings (SSSR count). The van der Waals surface area contributed by atoms with Crippen LogP contribution in [0.4, 0.5) is 11.5 Å². The first-order valence-corrected chi connectivity index (χ1v) is 7.93. The summed E-state index contributed by atoms with van der Waals surface area (Å²) in [5.74, 6) is -1.56. The number of carbonyl (C=O) groups is 3. The second-order valence-corrected chi connectivity index (χ2v) is 5.36. The molecular weight excluding hydrogens is 350 g/mol. The van der Waals surface area contributed by atoms with Crippen LogP contribution in [0.5, 0.6) is 0 Å². The van der Waals surface area contributed by atoms with Gasteiger partial charge in [0.2, 0.25) is 0 Å². The molecule has 2 aromatic rings. The summed E-state index contributed by atoms with van der Waals surface area (Å²) in [5.41, 5.74) is 1.15. The zero-order valence-electron chi connectivity index (χ0n) is 15.1. The third-order valence-corrected chi connectivity index (χ3v) is 3.44. The molecule has 1 amide bonds. The van der Waals surface area contributed by atoms with E-state index in [0.717, 1.165) is 11.8 Å². The SMILES string of the molecule is COC(=O)/C=C(/Nc1ccccc1C(=O)Nc1cccc(C)n1)C(=O)OC. The predicted octanol–water partition coefficient (Wildman–Crippen LogP) is 2.28. The zero-order valence-corrected chi connectivity index (χ0v) is 15.1. The van der Waals surface area contributed by atoms with Crippen molar-refractivity contribution in [1.29, 1.82) is 0 Å². The topological polar surface area (TPSA) is 107 Å². The molecule has 0 unspecified atom stereocenters. The molecule has 8 nitrogen and oxygen atoms in total. The van der Waals surface area contributed by atoms with E-state index in [2.05, 4.69) is 25.1 Å². The number of nitrogens with one attached hydrogen (secondary N) is 2. The number of hydrogen-bond acceptors (Lipinski definition) is 7. The van der Waals surface area contributed by atoms with Crippen molar-refractivity contribution in [2.45, 2.75) is 6.92 Å². The Bertz CT molecular complexity index is 892. The Hall–Kier alpha value is -3.68. The minimum atomic E-state index is -0.782. The molecule has 27 heavy (non-hydrogen) atoms. The van der Waals surface area contributed by atoms with Gasteiger partial charge in [0.25, 0.3) is 5.91 Å². The van der Waals surface area contributed by atoms with E-state index in [1.54, 1.807) is 36.4 Å². The number of esters is 2. The highest BCUT2D eigenvalue weighted by Crippen LogP contribution is 2.19. The quantitative estimate of drug-likeness (QED) is 0.594. The smallest absolute Gasteiger partial charge is 0.354 e. The molecule has 0 saturated heterocycles. The number of nitrogens with zero attached hydrogens (tertiary/aromatic N) is 1. The maximum Gasteiger partial charge on any atom is 0.354 e. The number of hydrogen-bond donors (Lipinski definition) is 2. The van der Waals surface area contributed by atoms with Crippen LogP contribution in [0.3, 0.4) is 0 Å². The predicted molar refractivity (Wildman–Crippen MR) is 99.1 cm³/mol. The first-order valence-electron chi connectivity index (χ1n) is 7.93. The van der Waals surface area contributed by atoms with Crippen molar-refractivity contribution in [3.63, 3.8) is 0 Å². The van der Waals surface area contributed by atoms with E-state index in [4.69, 9.17) is 0 Å². The highest BCUT2D eigenvalue weighted by molar-refractivity contribution is 6.09. The number of benzene rings is 1. The summed E-state index contributed by atoms with van der Waals surface area (Å²) < 4.78 is 9.18. The van der Waals surface area contributed by atoms with Gasteiger partial charge in [-0.25, -0.2) is 14.6 Å². The molecule has 0 fully saturated rings. The Morgan fingerprint density at radius 1 is 0.963 bits per heavy atom. The Morgan fingerprint density at radius 3 is 2.37 bits per heavy atom. The third kappa shape index (κ3) is 5.40. The van der Waals surface area contributed by atoms with Crippen molar-refractivity contribution < 1.29 is 23.9 Å². The number of carbonyl (C=O) groups excluding carboxylic acids is 3. The van der Waals surface area contributed by atoms with Crippen LogP contribution in [0.2, 0.25) is 0 Å². The van der Waals surface area contributed by atoms with Crippen molar-refractivity contribution in [3.8, 4) is 0 Å². The minimum absolute atomic E-state index is 0.168. The number of amides is 1. The molecule has 8 heteroatoms. The van der Waals surface area contributed by atoms with E-state index in [9.17, 15) is 14.4 Å². The van der Waals surface area contributed by atoms with Crippen LogP contribution in [0.15, 0.2) is 54.2 Å². The summed E-state index contributed by atoms with van der Waals surface area (Å²) in [4.78, 5) is 40.2. The van der Waals surface area contributed by atoms with E-state index in [-0.39, 0.29) is 11.3 Å². The Labute approximate surface area is 156 Å². The van der Waals surface area contributed by atoms with Crippen LogP contribution in [-0.2, 0) is 19.1 Å². The van der Waals surface area contributed by atoms with Gasteiger partial charge in [0.05, 0.1) is 31.5 Å². The standard InChI is InChI=1S/C19H19N3O5/c1-12-7-6-10-16(20-12)22-18(24)13-8-4-5-9-14(13)21-15(19(25)27-3)11-17(23)26-2/h4-11,21H,1-3H3,(H,20,22,24)/b15-11+. The van der Waals surface area contributed by atoms with Crippen molar-refractivity contribution in [1.82, 2.24) is 4.98 Å². The largest absolute Gasteiger partial charge is 0.466 e. The van der Waals surface area contributed by atoms with Crippen molar-refractivity contribution in [2.24, 2.45) is 0 Å². The van der Waals surface area contributed by atoms with Gasteiger partial charge in [0.1, 0.15) is 11.5 Å². The first kappa shape index (κ1) is 19.6. The summed E-state index contributed by atoms with van der Waals surface area (Å²) in [6.45, 7) is 1.81. The molecule has 0 aliphatic heterocycles. The first-order chi connectivity index (χ1) is 12.9. The number of para-hydroxylation sites is 1. The van der Waals surface area contributed by atoms with Crippen LogP contribution in [0.1, 0.15) is 16.1 Å². The Kier molecular flexibility index (Phi) is 6.65.